The fraction of sp³-hybridized carbons (Fsp3) is 0.353. The molecule has 3 heterocycles. The Balaban J connectivity index is 1.45. The van der Waals surface area contributed by atoms with Crippen LogP contribution < -0.4 is 10.3 Å². The molecule has 7 heteroatoms. The van der Waals surface area contributed by atoms with Gasteiger partial charge in [0.1, 0.15) is 25.0 Å². The van der Waals surface area contributed by atoms with Gasteiger partial charge in [0, 0.05) is 18.2 Å². The van der Waals surface area contributed by atoms with Crippen molar-refractivity contribution in [3.8, 4) is 6.01 Å². The number of carbonyl (C=O) groups excluding carboxylic acids is 1. The molecule has 124 valence electrons. The van der Waals surface area contributed by atoms with Crippen molar-refractivity contribution in [1.82, 2.24) is 9.55 Å². The average Bonchev–Trinajstić information content (AvgIpc) is 2.93. The van der Waals surface area contributed by atoms with Crippen molar-refractivity contribution in [2.45, 2.75) is 31.8 Å². The smallest absolute Gasteiger partial charge is 0.338 e. The number of ether oxygens (including phenoxy) is 3. The Morgan fingerprint density at radius 1 is 1.38 bits per heavy atom. The molecule has 0 unspecified atom stereocenters. The molecule has 2 aliphatic heterocycles. The second-order valence-corrected chi connectivity index (χ2v) is 5.90. The first-order chi connectivity index (χ1) is 11.6. The minimum Gasteiger partial charge on any atom is -0.459 e. The van der Waals surface area contributed by atoms with Crippen molar-refractivity contribution >= 4 is 5.97 Å². The Morgan fingerprint density at radius 2 is 2.17 bits per heavy atom. The van der Waals surface area contributed by atoms with Crippen LogP contribution in [0.2, 0.25) is 0 Å². The topological polar surface area (TPSA) is 79.7 Å². The van der Waals surface area contributed by atoms with Gasteiger partial charge in [-0.3, -0.25) is 9.36 Å². The van der Waals surface area contributed by atoms with E-state index in [-0.39, 0.29) is 36.6 Å². The Labute approximate surface area is 137 Å². The van der Waals surface area contributed by atoms with Gasteiger partial charge >= 0.3 is 12.0 Å². The third kappa shape index (κ3) is 2.56. The van der Waals surface area contributed by atoms with Crippen molar-refractivity contribution in [2.24, 2.45) is 0 Å². The molecule has 3 atom stereocenters. The summed E-state index contributed by atoms with van der Waals surface area (Å²) in [6.07, 6.45) is 1.38. The lowest BCUT2D eigenvalue weighted by atomic mass is 10.1. The van der Waals surface area contributed by atoms with E-state index >= 15 is 0 Å². The number of fused-ring (bicyclic) bond motifs is 4. The molecule has 0 amide bonds. The number of hydrogen-bond acceptors (Lipinski definition) is 6. The molecule has 0 aliphatic carbocycles. The molecule has 1 saturated heterocycles. The van der Waals surface area contributed by atoms with Gasteiger partial charge in [0.05, 0.1) is 5.56 Å². The number of rotatable bonds is 3. The third-order valence-corrected chi connectivity index (χ3v) is 4.22. The van der Waals surface area contributed by atoms with Gasteiger partial charge in [0.2, 0.25) is 0 Å². The van der Waals surface area contributed by atoms with Crippen LogP contribution >= 0.6 is 0 Å². The number of hydrogen-bond donors (Lipinski definition) is 0. The molecule has 0 spiro atoms. The van der Waals surface area contributed by atoms with Crippen molar-refractivity contribution < 1.29 is 19.0 Å². The van der Waals surface area contributed by atoms with Crippen LogP contribution in [0.25, 0.3) is 0 Å². The van der Waals surface area contributed by atoms with Crippen LogP contribution in [0.3, 0.4) is 0 Å². The van der Waals surface area contributed by atoms with Gasteiger partial charge in [-0.1, -0.05) is 18.2 Å². The molecule has 1 fully saturated rings. The highest BCUT2D eigenvalue weighted by atomic mass is 16.6. The lowest BCUT2D eigenvalue weighted by molar-refractivity contribution is -0.0351. The van der Waals surface area contributed by atoms with Gasteiger partial charge in [0.25, 0.3) is 5.56 Å². The maximum absolute atomic E-state index is 12.0. The second-order valence-electron chi connectivity index (χ2n) is 5.90. The third-order valence-electron chi connectivity index (χ3n) is 4.22. The maximum Gasteiger partial charge on any atom is 0.338 e. The monoisotopic (exact) mass is 328 g/mol. The molecule has 4 rings (SSSR count). The number of esters is 1. The van der Waals surface area contributed by atoms with Crippen LogP contribution in [0.1, 0.15) is 28.6 Å². The van der Waals surface area contributed by atoms with Crippen LogP contribution in [-0.2, 0) is 9.47 Å². The lowest BCUT2D eigenvalue weighted by Gasteiger charge is -2.23. The summed E-state index contributed by atoms with van der Waals surface area (Å²) in [5.41, 5.74) is 0.711. The number of benzene rings is 1. The van der Waals surface area contributed by atoms with Gasteiger partial charge < -0.3 is 14.2 Å². The molecular formula is C17H16N2O5. The van der Waals surface area contributed by atoms with E-state index in [0.29, 0.717) is 17.5 Å². The number of aromatic nitrogens is 2. The molecule has 0 saturated carbocycles. The molecular weight excluding hydrogens is 312 g/mol. The zero-order chi connectivity index (χ0) is 16.7. The number of carbonyl (C=O) groups is 1. The number of aryl methyl sites for hydroxylation is 1. The quantitative estimate of drug-likeness (QED) is 0.794. The first-order valence-electron chi connectivity index (χ1n) is 7.76. The number of nitrogens with zero attached hydrogens (tertiary/aromatic N) is 2. The van der Waals surface area contributed by atoms with Crippen LogP contribution in [0.5, 0.6) is 6.01 Å². The molecule has 2 aromatic rings. The zero-order valence-corrected chi connectivity index (χ0v) is 13.0. The molecule has 0 N–H and O–H groups in total. The van der Waals surface area contributed by atoms with Crippen LogP contribution in [0.15, 0.2) is 41.3 Å². The first kappa shape index (κ1) is 14.9. The van der Waals surface area contributed by atoms with Crippen molar-refractivity contribution in [3.05, 3.63) is 58.0 Å². The van der Waals surface area contributed by atoms with Crippen molar-refractivity contribution in [2.75, 3.05) is 6.61 Å². The summed E-state index contributed by atoms with van der Waals surface area (Å²) in [6.45, 7) is 1.79. The van der Waals surface area contributed by atoms with Gasteiger partial charge in [-0.15, -0.1) is 0 Å². The van der Waals surface area contributed by atoms with Gasteiger partial charge in [-0.25, -0.2) is 4.79 Å². The largest absolute Gasteiger partial charge is 0.459 e. The summed E-state index contributed by atoms with van der Waals surface area (Å²) in [7, 11) is 0. The van der Waals surface area contributed by atoms with E-state index in [2.05, 4.69) is 4.98 Å². The second kappa shape index (κ2) is 5.76. The predicted octanol–water partition coefficient (Wildman–Crippen LogP) is 1.46. The summed E-state index contributed by atoms with van der Waals surface area (Å²) in [5.74, 6) is -0.401. The average molecular weight is 328 g/mol. The normalized spacial score (nSPS) is 24.1. The van der Waals surface area contributed by atoms with Crippen LogP contribution in [-0.4, -0.2) is 34.3 Å². The first-order valence-corrected chi connectivity index (χ1v) is 7.76. The summed E-state index contributed by atoms with van der Waals surface area (Å²) < 4.78 is 18.7. The van der Waals surface area contributed by atoms with Crippen LogP contribution in [0.4, 0.5) is 0 Å². The summed E-state index contributed by atoms with van der Waals surface area (Å²) in [5, 5.41) is 0. The minimum absolute atomic E-state index is 0.0899. The molecule has 24 heavy (non-hydrogen) atoms. The Morgan fingerprint density at radius 3 is 2.96 bits per heavy atom. The highest BCUT2D eigenvalue weighted by Crippen LogP contribution is 2.37. The van der Waals surface area contributed by atoms with Crippen molar-refractivity contribution in [1.29, 1.82) is 0 Å². The molecule has 0 radical (unpaired) electrons. The predicted molar refractivity (Wildman–Crippen MR) is 82.9 cm³/mol. The molecule has 1 aromatic carbocycles. The molecule has 2 bridgehead atoms. The molecule has 2 aliphatic rings. The van der Waals surface area contributed by atoms with E-state index in [0.717, 1.165) is 0 Å². The highest BCUT2D eigenvalue weighted by molar-refractivity contribution is 5.89. The Hall–Kier alpha value is -2.67. The van der Waals surface area contributed by atoms with Gasteiger partial charge in [-0.2, -0.15) is 4.98 Å². The molecule has 1 aromatic heterocycles. The zero-order valence-electron chi connectivity index (χ0n) is 13.0. The van der Waals surface area contributed by atoms with Crippen molar-refractivity contribution in [3.63, 3.8) is 0 Å². The van der Waals surface area contributed by atoms with E-state index in [1.807, 2.05) is 6.07 Å². The van der Waals surface area contributed by atoms with E-state index in [1.165, 1.54) is 0 Å². The van der Waals surface area contributed by atoms with E-state index in [9.17, 15) is 9.59 Å². The minimum atomic E-state index is -0.401. The summed E-state index contributed by atoms with van der Waals surface area (Å²) >= 11 is 0. The summed E-state index contributed by atoms with van der Waals surface area (Å²) in [4.78, 5) is 27.6. The van der Waals surface area contributed by atoms with Gasteiger partial charge in [-0.05, 0) is 19.1 Å². The standard InChI is InChI=1S/C17H16N2O5/c1-10-8-19-14-7-12(24-17(19)18-15(10)20)13(23-14)9-22-16(21)11-5-3-2-4-6-11/h2-6,8,12-14H,7,9H2,1H3/t12-,13+,14-/m0/s1. The SMILES string of the molecule is Cc1cn2c(nc1=O)O[C@H]1C[C@@H]2O[C@@H]1COC(=O)c1ccccc1. The van der Waals surface area contributed by atoms with E-state index in [4.69, 9.17) is 14.2 Å². The lowest BCUT2D eigenvalue weighted by Crippen LogP contribution is -2.34. The fourth-order valence-electron chi connectivity index (χ4n) is 2.94. The van der Waals surface area contributed by atoms with E-state index in [1.54, 1.807) is 42.0 Å². The molecule has 7 nitrogen and oxygen atoms in total. The highest BCUT2D eigenvalue weighted by Gasteiger charge is 2.43. The van der Waals surface area contributed by atoms with Crippen LogP contribution in [0, 0.1) is 6.92 Å². The van der Waals surface area contributed by atoms with E-state index < -0.39 is 5.97 Å². The fourth-order valence-corrected chi connectivity index (χ4v) is 2.94. The Bertz CT molecular complexity index is 833. The van der Waals surface area contributed by atoms with Gasteiger partial charge in [0.15, 0.2) is 0 Å². The Kier molecular flexibility index (Phi) is 3.57. The maximum atomic E-state index is 12.0. The summed E-state index contributed by atoms with van der Waals surface area (Å²) in [6, 6.07) is 9.04.